The van der Waals surface area contributed by atoms with Crippen molar-refractivity contribution in [1.82, 2.24) is 0 Å². The zero-order valence-electron chi connectivity index (χ0n) is 9.92. The summed E-state index contributed by atoms with van der Waals surface area (Å²) in [5.41, 5.74) is -0.868. The lowest BCUT2D eigenvalue weighted by atomic mass is 9.92. The molecule has 0 saturated heterocycles. The molecule has 1 nitrogen and oxygen atoms in total. The fourth-order valence-corrected chi connectivity index (χ4v) is 1.21. The Morgan fingerprint density at radius 2 is 1.67 bits per heavy atom. The first-order valence-electron chi connectivity index (χ1n) is 5.51. The van der Waals surface area contributed by atoms with Gasteiger partial charge in [0.05, 0.1) is 0 Å². The van der Waals surface area contributed by atoms with E-state index in [0.29, 0.717) is 18.8 Å². The Balaban J connectivity index is 4.46. The molecule has 0 spiro atoms. The van der Waals surface area contributed by atoms with Crippen molar-refractivity contribution in [3.8, 4) is 11.8 Å². The summed E-state index contributed by atoms with van der Waals surface area (Å²) in [6.07, 6.45) is 6.53. The van der Waals surface area contributed by atoms with Crippen LogP contribution in [-0.4, -0.2) is 10.7 Å². The van der Waals surface area contributed by atoms with E-state index >= 15 is 0 Å². The molecule has 0 unspecified atom stereocenters. The largest absolute Gasteiger partial charge is 0.378 e. The Kier molecular flexibility index (Phi) is 6.83. The summed E-state index contributed by atoms with van der Waals surface area (Å²) in [6.45, 7) is 11.4. The lowest BCUT2D eigenvalue weighted by Crippen LogP contribution is -2.26. The van der Waals surface area contributed by atoms with Crippen molar-refractivity contribution in [3.05, 3.63) is 25.3 Å². The third kappa shape index (κ3) is 6.99. The van der Waals surface area contributed by atoms with E-state index in [2.05, 4.69) is 25.0 Å². The minimum atomic E-state index is -0.868. The predicted molar refractivity (Wildman–Crippen MR) is 66.4 cm³/mol. The Labute approximate surface area is 93.9 Å². The zero-order chi connectivity index (χ0) is 11.7. The molecule has 0 aromatic rings. The molecule has 0 aromatic carbocycles. The van der Waals surface area contributed by atoms with Crippen LogP contribution in [0.3, 0.4) is 0 Å². The van der Waals surface area contributed by atoms with Gasteiger partial charge in [-0.2, -0.15) is 0 Å². The fourth-order valence-electron chi connectivity index (χ4n) is 1.21. The van der Waals surface area contributed by atoms with Crippen molar-refractivity contribution in [3.63, 3.8) is 0 Å². The summed E-state index contributed by atoms with van der Waals surface area (Å²) in [5.74, 6) is 6.31. The van der Waals surface area contributed by atoms with E-state index in [0.717, 1.165) is 12.8 Å². The molecule has 15 heavy (non-hydrogen) atoms. The van der Waals surface area contributed by atoms with Crippen molar-refractivity contribution in [2.24, 2.45) is 5.92 Å². The van der Waals surface area contributed by atoms with Gasteiger partial charge in [0.1, 0.15) is 5.60 Å². The van der Waals surface area contributed by atoms with Crippen LogP contribution in [0.15, 0.2) is 25.3 Å². The van der Waals surface area contributed by atoms with Gasteiger partial charge in [-0.15, -0.1) is 13.2 Å². The molecule has 0 saturated carbocycles. The molecule has 0 aliphatic carbocycles. The van der Waals surface area contributed by atoms with Crippen molar-refractivity contribution >= 4 is 0 Å². The van der Waals surface area contributed by atoms with Crippen LogP contribution < -0.4 is 0 Å². The summed E-state index contributed by atoms with van der Waals surface area (Å²) in [4.78, 5) is 0. The van der Waals surface area contributed by atoms with Gasteiger partial charge in [0.25, 0.3) is 0 Å². The fraction of sp³-hybridized carbons (Fsp3) is 0.571. The van der Waals surface area contributed by atoms with E-state index in [1.165, 1.54) is 0 Å². The smallest absolute Gasteiger partial charge is 0.126 e. The molecule has 0 fully saturated rings. The van der Waals surface area contributed by atoms with Gasteiger partial charge in [-0.05, 0) is 25.7 Å². The van der Waals surface area contributed by atoms with Crippen LogP contribution in [0.4, 0.5) is 0 Å². The van der Waals surface area contributed by atoms with Crippen LogP contribution in [0.25, 0.3) is 0 Å². The van der Waals surface area contributed by atoms with E-state index < -0.39 is 5.60 Å². The van der Waals surface area contributed by atoms with E-state index in [-0.39, 0.29) is 0 Å². The highest BCUT2D eigenvalue weighted by Gasteiger charge is 2.21. The molecule has 0 amide bonds. The van der Waals surface area contributed by atoms with Crippen LogP contribution in [0.1, 0.15) is 39.5 Å². The molecule has 0 bridgehead atoms. The first kappa shape index (κ1) is 14.0. The zero-order valence-corrected chi connectivity index (χ0v) is 9.92. The Morgan fingerprint density at radius 3 is 2.00 bits per heavy atom. The minimum absolute atomic E-state index is 0.295. The lowest BCUT2D eigenvalue weighted by Gasteiger charge is -2.21. The SMILES string of the molecule is C=CCCC(O)(C#CC(C)C)CCC=C. The molecule has 1 N–H and O–H groups in total. The van der Waals surface area contributed by atoms with Crippen LogP contribution in [0, 0.1) is 17.8 Å². The van der Waals surface area contributed by atoms with Gasteiger partial charge in [0.2, 0.25) is 0 Å². The topological polar surface area (TPSA) is 20.2 Å². The molecule has 1 heteroatoms. The summed E-state index contributed by atoms with van der Waals surface area (Å²) < 4.78 is 0. The Bertz CT molecular complexity index is 240. The number of allylic oxidation sites excluding steroid dienone is 2. The normalized spacial score (nSPS) is 10.7. The van der Waals surface area contributed by atoms with E-state index in [1.54, 1.807) is 0 Å². The van der Waals surface area contributed by atoms with Crippen LogP contribution in [-0.2, 0) is 0 Å². The second-order valence-electron chi connectivity index (χ2n) is 4.11. The molecular weight excluding hydrogens is 184 g/mol. The lowest BCUT2D eigenvalue weighted by molar-refractivity contribution is 0.0843. The standard InChI is InChI=1S/C14H22O/c1-5-7-10-14(15,11-8-6-2)12-9-13(3)4/h5-6,13,15H,1-2,7-8,10-11H2,3-4H3. The molecule has 0 aliphatic rings. The third-order valence-corrected chi connectivity index (χ3v) is 2.12. The number of aliphatic hydroxyl groups is 1. The molecule has 0 aliphatic heterocycles. The van der Waals surface area contributed by atoms with Gasteiger partial charge < -0.3 is 5.11 Å². The van der Waals surface area contributed by atoms with Crippen molar-refractivity contribution in [2.75, 3.05) is 0 Å². The highest BCUT2D eigenvalue weighted by molar-refractivity contribution is 5.15. The van der Waals surface area contributed by atoms with Gasteiger partial charge in [0.15, 0.2) is 0 Å². The average molecular weight is 206 g/mol. The second-order valence-corrected chi connectivity index (χ2v) is 4.11. The molecule has 0 radical (unpaired) electrons. The quantitative estimate of drug-likeness (QED) is 0.522. The number of hydrogen-bond donors (Lipinski definition) is 1. The van der Waals surface area contributed by atoms with Crippen LogP contribution in [0.2, 0.25) is 0 Å². The number of hydrogen-bond acceptors (Lipinski definition) is 1. The van der Waals surface area contributed by atoms with Crippen molar-refractivity contribution < 1.29 is 5.11 Å². The minimum Gasteiger partial charge on any atom is -0.378 e. The van der Waals surface area contributed by atoms with Gasteiger partial charge in [0, 0.05) is 5.92 Å². The summed E-state index contributed by atoms with van der Waals surface area (Å²) in [6, 6.07) is 0. The molecule has 0 aromatic heterocycles. The molecule has 0 heterocycles. The van der Waals surface area contributed by atoms with Gasteiger partial charge in [-0.3, -0.25) is 0 Å². The molecule has 0 rings (SSSR count). The van der Waals surface area contributed by atoms with E-state index in [4.69, 9.17) is 0 Å². The summed E-state index contributed by atoms with van der Waals surface area (Å²) in [7, 11) is 0. The van der Waals surface area contributed by atoms with E-state index in [9.17, 15) is 5.11 Å². The Hall–Kier alpha value is -1.00. The van der Waals surface area contributed by atoms with Gasteiger partial charge >= 0.3 is 0 Å². The third-order valence-electron chi connectivity index (χ3n) is 2.12. The van der Waals surface area contributed by atoms with Gasteiger partial charge in [-0.25, -0.2) is 0 Å². The highest BCUT2D eigenvalue weighted by Crippen LogP contribution is 2.19. The maximum atomic E-state index is 10.3. The first-order chi connectivity index (χ1) is 7.04. The monoisotopic (exact) mass is 206 g/mol. The highest BCUT2D eigenvalue weighted by atomic mass is 16.3. The summed E-state index contributed by atoms with van der Waals surface area (Å²) >= 11 is 0. The van der Waals surface area contributed by atoms with Crippen molar-refractivity contribution in [1.29, 1.82) is 0 Å². The van der Waals surface area contributed by atoms with Crippen LogP contribution in [0.5, 0.6) is 0 Å². The Morgan fingerprint density at radius 1 is 1.20 bits per heavy atom. The van der Waals surface area contributed by atoms with Crippen molar-refractivity contribution in [2.45, 2.75) is 45.1 Å². The number of rotatable bonds is 6. The van der Waals surface area contributed by atoms with Gasteiger partial charge in [-0.1, -0.05) is 37.8 Å². The predicted octanol–water partition coefficient (Wildman–Crippen LogP) is 3.31. The molecular formula is C14H22O. The average Bonchev–Trinajstić information content (AvgIpc) is 2.21. The molecule has 0 atom stereocenters. The maximum absolute atomic E-state index is 10.3. The summed E-state index contributed by atoms with van der Waals surface area (Å²) in [5, 5.41) is 10.3. The first-order valence-corrected chi connectivity index (χ1v) is 5.51. The van der Waals surface area contributed by atoms with Crippen LogP contribution >= 0.6 is 0 Å². The second kappa shape index (κ2) is 7.31. The maximum Gasteiger partial charge on any atom is 0.126 e. The van der Waals surface area contributed by atoms with E-state index in [1.807, 2.05) is 26.0 Å². The molecule has 84 valence electrons.